The van der Waals surface area contributed by atoms with Crippen LogP contribution in [0.2, 0.25) is 0 Å². The molecule has 2 aliphatic rings. The van der Waals surface area contributed by atoms with Crippen molar-refractivity contribution in [2.24, 2.45) is 0 Å². The molecule has 138 valence electrons. The van der Waals surface area contributed by atoms with E-state index in [1.165, 1.54) is 15.6 Å². The van der Waals surface area contributed by atoms with E-state index in [9.17, 15) is 13.2 Å². The van der Waals surface area contributed by atoms with Crippen molar-refractivity contribution in [3.05, 3.63) is 40.8 Å². The molecule has 0 unspecified atom stereocenters. The maximum absolute atomic E-state index is 12.7. The van der Waals surface area contributed by atoms with Gasteiger partial charge in [-0.05, 0) is 37.3 Å². The van der Waals surface area contributed by atoms with Crippen molar-refractivity contribution in [1.82, 2.24) is 9.21 Å². The predicted molar refractivity (Wildman–Crippen MR) is 96.3 cm³/mol. The van der Waals surface area contributed by atoms with E-state index in [0.29, 0.717) is 34.4 Å². The Balaban J connectivity index is 1.44. The molecule has 0 spiro atoms. The third-order valence-corrected chi connectivity index (χ3v) is 7.82. The average molecular weight is 394 g/mol. The number of hydrogen-bond donors (Lipinski definition) is 0. The molecule has 2 aliphatic heterocycles. The lowest BCUT2D eigenvalue weighted by atomic mass is 10.1. The number of fused-ring (bicyclic) bond motifs is 1. The Labute approximate surface area is 155 Å². The van der Waals surface area contributed by atoms with E-state index in [4.69, 9.17) is 9.47 Å². The highest BCUT2D eigenvalue weighted by molar-refractivity contribution is 7.91. The van der Waals surface area contributed by atoms with Crippen LogP contribution in [0, 0.1) is 6.92 Å². The fourth-order valence-electron chi connectivity index (χ4n) is 3.02. The van der Waals surface area contributed by atoms with E-state index < -0.39 is 10.0 Å². The smallest absolute Gasteiger partial charge is 0.254 e. The third kappa shape index (κ3) is 3.06. The van der Waals surface area contributed by atoms with Gasteiger partial charge in [-0.2, -0.15) is 4.31 Å². The molecule has 0 aliphatic carbocycles. The number of thiophene rings is 1. The quantitative estimate of drug-likeness (QED) is 0.795. The molecule has 7 nitrogen and oxygen atoms in total. The van der Waals surface area contributed by atoms with E-state index in [0.717, 1.165) is 4.88 Å². The standard InChI is InChI=1S/C17H18N2O5S2/c1-12-2-5-16(25-12)26(21,22)19-8-6-18(7-9-19)17(20)13-3-4-14-15(10-13)24-11-23-14/h2-5,10H,6-9,11H2,1H3. The SMILES string of the molecule is Cc1ccc(S(=O)(=O)N2CCN(C(=O)c3ccc4c(c3)OCO4)CC2)s1. The van der Waals surface area contributed by atoms with Crippen LogP contribution >= 0.6 is 11.3 Å². The maximum Gasteiger partial charge on any atom is 0.254 e. The van der Waals surface area contributed by atoms with Gasteiger partial charge in [0, 0.05) is 36.6 Å². The first kappa shape index (κ1) is 17.3. The molecule has 2 aromatic rings. The Bertz CT molecular complexity index is 946. The molecule has 9 heteroatoms. The molecule has 0 radical (unpaired) electrons. The molecule has 26 heavy (non-hydrogen) atoms. The van der Waals surface area contributed by atoms with Crippen LogP contribution in [0.5, 0.6) is 11.5 Å². The normalized spacial score (nSPS) is 17.5. The molecule has 1 aromatic carbocycles. The zero-order valence-corrected chi connectivity index (χ0v) is 15.8. The number of amides is 1. The van der Waals surface area contributed by atoms with Gasteiger partial charge in [-0.15, -0.1) is 11.3 Å². The fourth-order valence-corrected chi connectivity index (χ4v) is 5.88. The highest BCUT2D eigenvalue weighted by Crippen LogP contribution is 2.33. The molecule has 1 amide bonds. The van der Waals surface area contributed by atoms with Crippen LogP contribution in [0.15, 0.2) is 34.5 Å². The van der Waals surface area contributed by atoms with Crippen molar-refractivity contribution in [2.45, 2.75) is 11.1 Å². The van der Waals surface area contributed by atoms with Gasteiger partial charge in [-0.1, -0.05) is 0 Å². The minimum Gasteiger partial charge on any atom is -0.454 e. The predicted octanol–water partition coefficient (Wildman–Crippen LogP) is 1.93. The van der Waals surface area contributed by atoms with Crippen LogP contribution in [-0.4, -0.2) is 56.5 Å². The summed E-state index contributed by atoms with van der Waals surface area (Å²) in [5.41, 5.74) is 0.513. The molecular weight excluding hydrogens is 376 g/mol. The second-order valence-electron chi connectivity index (χ2n) is 6.13. The zero-order valence-electron chi connectivity index (χ0n) is 14.2. The number of aryl methyl sites for hydroxylation is 1. The molecule has 4 rings (SSSR count). The van der Waals surface area contributed by atoms with Gasteiger partial charge >= 0.3 is 0 Å². The summed E-state index contributed by atoms with van der Waals surface area (Å²) in [6, 6.07) is 8.53. The molecule has 1 aromatic heterocycles. The zero-order chi connectivity index (χ0) is 18.3. The van der Waals surface area contributed by atoms with E-state index in [1.807, 2.05) is 6.92 Å². The summed E-state index contributed by atoms with van der Waals surface area (Å²) in [5.74, 6) is 1.06. The minimum absolute atomic E-state index is 0.132. The first-order valence-corrected chi connectivity index (χ1v) is 10.5. The Morgan fingerprint density at radius 3 is 2.46 bits per heavy atom. The van der Waals surface area contributed by atoms with Crippen molar-refractivity contribution in [3.8, 4) is 11.5 Å². The Hall–Kier alpha value is -2.10. The van der Waals surface area contributed by atoms with Crippen LogP contribution in [0.3, 0.4) is 0 Å². The Morgan fingerprint density at radius 1 is 1.04 bits per heavy atom. The molecule has 0 N–H and O–H groups in total. The van der Waals surface area contributed by atoms with Gasteiger partial charge < -0.3 is 14.4 Å². The molecule has 1 fully saturated rings. The van der Waals surface area contributed by atoms with Crippen LogP contribution < -0.4 is 9.47 Å². The Morgan fingerprint density at radius 2 is 1.77 bits per heavy atom. The highest BCUT2D eigenvalue weighted by atomic mass is 32.2. The van der Waals surface area contributed by atoms with E-state index in [1.54, 1.807) is 35.2 Å². The van der Waals surface area contributed by atoms with Crippen LogP contribution in [0.1, 0.15) is 15.2 Å². The number of sulfonamides is 1. The molecule has 0 atom stereocenters. The summed E-state index contributed by atoms with van der Waals surface area (Å²) < 4.78 is 37.7. The lowest BCUT2D eigenvalue weighted by Crippen LogP contribution is -2.50. The number of nitrogens with zero attached hydrogens (tertiary/aromatic N) is 2. The summed E-state index contributed by atoms with van der Waals surface area (Å²) in [6.45, 7) is 3.33. The van der Waals surface area contributed by atoms with Gasteiger partial charge in [0.15, 0.2) is 11.5 Å². The van der Waals surface area contributed by atoms with Crippen molar-refractivity contribution in [2.75, 3.05) is 33.0 Å². The van der Waals surface area contributed by atoms with Gasteiger partial charge in [0.25, 0.3) is 15.9 Å². The number of ether oxygens (including phenoxy) is 2. The molecule has 3 heterocycles. The third-order valence-electron chi connectivity index (χ3n) is 4.46. The summed E-state index contributed by atoms with van der Waals surface area (Å²) >= 11 is 1.27. The van der Waals surface area contributed by atoms with Crippen molar-refractivity contribution >= 4 is 27.3 Å². The van der Waals surface area contributed by atoms with Crippen molar-refractivity contribution in [3.63, 3.8) is 0 Å². The number of carbonyl (C=O) groups is 1. The second kappa shape index (κ2) is 6.57. The fraction of sp³-hybridized carbons (Fsp3) is 0.353. The van der Waals surface area contributed by atoms with Crippen molar-refractivity contribution in [1.29, 1.82) is 0 Å². The van der Waals surface area contributed by atoms with Gasteiger partial charge in [0.05, 0.1) is 0 Å². The van der Waals surface area contributed by atoms with E-state index in [2.05, 4.69) is 0 Å². The summed E-state index contributed by atoms with van der Waals surface area (Å²) in [5, 5.41) is 0. The minimum atomic E-state index is -3.49. The number of piperazine rings is 1. The average Bonchev–Trinajstić information content (AvgIpc) is 3.29. The van der Waals surface area contributed by atoms with Gasteiger partial charge in [-0.3, -0.25) is 4.79 Å². The van der Waals surface area contributed by atoms with Gasteiger partial charge in [0.2, 0.25) is 6.79 Å². The van der Waals surface area contributed by atoms with Crippen LogP contribution in [-0.2, 0) is 10.0 Å². The molecule has 0 bridgehead atoms. The largest absolute Gasteiger partial charge is 0.454 e. The van der Waals surface area contributed by atoms with Gasteiger partial charge in [-0.25, -0.2) is 8.42 Å². The van der Waals surface area contributed by atoms with Gasteiger partial charge in [0.1, 0.15) is 4.21 Å². The van der Waals surface area contributed by atoms with E-state index in [-0.39, 0.29) is 25.8 Å². The molecule has 0 saturated carbocycles. The van der Waals surface area contributed by atoms with Crippen molar-refractivity contribution < 1.29 is 22.7 Å². The van der Waals surface area contributed by atoms with Crippen LogP contribution in [0.4, 0.5) is 0 Å². The summed E-state index contributed by atoms with van der Waals surface area (Å²) in [6.07, 6.45) is 0. The summed E-state index contributed by atoms with van der Waals surface area (Å²) in [7, 11) is -3.49. The highest BCUT2D eigenvalue weighted by Gasteiger charge is 2.31. The number of carbonyl (C=O) groups excluding carboxylic acids is 1. The second-order valence-corrected chi connectivity index (χ2v) is 9.58. The number of hydrogen-bond acceptors (Lipinski definition) is 6. The molecule has 1 saturated heterocycles. The van der Waals surface area contributed by atoms with E-state index >= 15 is 0 Å². The Kier molecular flexibility index (Phi) is 4.37. The lowest BCUT2D eigenvalue weighted by molar-refractivity contribution is 0.0697. The first-order valence-electron chi connectivity index (χ1n) is 8.21. The topological polar surface area (TPSA) is 76.2 Å². The number of rotatable bonds is 3. The van der Waals surface area contributed by atoms with Crippen LogP contribution in [0.25, 0.3) is 0 Å². The first-order chi connectivity index (χ1) is 12.4. The summed E-state index contributed by atoms with van der Waals surface area (Å²) in [4.78, 5) is 15.3. The monoisotopic (exact) mass is 394 g/mol. The molecular formula is C17H18N2O5S2. The maximum atomic E-state index is 12.7. The lowest BCUT2D eigenvalue weighted by Gasteiger charge is -2.33. The number of benzene rings is 1.